The third-order valence-corrected chi connectivity index (χ3v) is 6.34. The molecule has 2 aliphatic heterocycles. The summed E-state index contributed by atoms with van der Waals surface area (Å²) >= 11 is 0. The van der Waals surface area contributed by atoms with E-state index in [4.69, 9.17) is 4.74 Å². The van der Waals surface area contributed by atoms with Crippen LogP contribution in [0.3, 0.4) is 0 Å². The van der Waals surface area contributed by atoms with E-state index in [1.54, 1.807) is 4.68 Å². The molecule has 1 aromatic heterocycles. The number of esters is 1. The van der Waals surface area contributed by atoms with Crippen molar-refractivity contribution in [3.63, 3.8) is 0 Å². The van der Waals surface area contributed by atoms with Gasteiger partial charge < -0.3 is 9.64 Å². The summed E-state index contributed by atoms with van der Waals surface area (Å²) in [5.41, 5.74) is 1.35. The van der Waals surface area contributed by atoms with E-state index < -0.39 is 11.6 Å². The van der Waals surface area contributed by atoms with E-state index in [0.717, 1.165) is 16.6 Å². The van der Waals surface area contributed by atoms with Gasteiger partial charge in [-0.25, -0.2) is 0 Å². The van der Waals surface area contributed by atoms with Gasteiger partial charge in [-0.3, -0.25) is 23.7 Å². The average molecular weight is 430 g/mol. The normalized spacial score (nSPS) is 21.0. The number of anilines is 1. The molecule has 0 radical (unpaired) electrons. The highest BCUT2D eigenvalue weighted by Gasteiger charge is 2.37. The fourth-order valence-corrected chi connectivity index (χ4v) is 4.59. The zero-order valence-corrected chi connectivity index (χ0v) is 18.7. The molecule has 8 nitrogen and oxygen atoms in total. The Morgan fingerprint density at radius 2 is 1.97 bits per heavy atom. The Morgan fingerprint density at radius 3 is 2.63 bits per heavy atom. The van der Waals surface area contributed by atoms with Crippen molar-refractivity contribution in [2.45, 2.75) is 45.3 Å². The lowest BCUT2D eigenvalue weighted by atomic mass is 9.98. The lowest BCUT2D eigenvalue weighted by molar-refractivity contribution is -0.160. The smallest absolute Gasteiger partial charge is 0.313 e. The summed E-state index contributed by atoms with van der Waals surface area (Å²) in [5.74, 6) is -0.545. The zero-order chi connectivity index (χ0) is 21.6. The number of carbonyl (C=O) groups is 3. The first-order valence-corrected chi connectivity index (χ1v) is 11.6. The number of imide groups is 1. The maximum Gasteiger partial charge on any atom is 0.313 e. The van der Waals surface area contributed by atoms with Crippen LogP contribution in [0.25, 0.3) is 10.9 Å². The predicted molar refractivity (Wildman–Crippen MR) is 116 cm³/mol. The Hall–Kier alpha value is -2.47. The number of rotatable bonds is 4. The maximum atomic E-state index is 12.7. The lowest BCUT2D eigenvalue weighted by Gasteiger charge is -2.40. The number of aromatic nitrogens is 2. The van der Waals surface area contributed by atoms with Gasteiger partial charge in [-0.05, 0) is 60.8 Å². The molecule has 1 aromatic carbocycles. The Labute approximate surface area is 177 Å². The van der Waals surface area contributed by atoms with Crippen molar-refractivity contribution in [1.82, 2.24) is 14.5 Å². The molecular formula is C21H27N4O4P. The highest BCUT2D eigenvalue weighted by Crippen LogP contribution is 2.32. The van der Waals surface area contributed by atoms with E-state index in [2.05, 4.69) is 10.00 Å². The number of benzene rings is 1. The Balaban J connectivity index is 1.47. The quantitative estimate of drug-likeness (QED) is 0.421. The van der Waals surface area contributed by atoms with Crippen molar-refractivity contribution in [1.29, 1.82) is 0 Å². The monoisotopic (exact) mass is 430 g/mol. The minimum Gasteiger partial charge on any atom is -0.460 e. The second kappa shape index (κ2) is 7.65. The van der Waals surface area contributed by atoms with Gasteiger partial charge in [0, 0.05) is 36.8 Å². The van der Waals surface area contributed by atoms with Crippen LogP contribution in [0.1, 0.15) is 39.7 Å². The summed E-state index contributed by atoms with van der Waals surface area (Å²) in [4.78, 5) is 38.9. The Bertz CT molecular complexity index is 1010. The van der Waals surface area contributed by atoms with Crippen molar-refractivity contribution in [3.8, 4) is 0 Å². The number of carbonyl (C=O) groups excluding carboxylic acids is 3. The molecule has 0 aliphatic carbocycles. The van der Waals surface area contributed by atoms with Gasteiger partial charge in [0.2, 0.25) is 5.91 Å². The highest BCUT2D eigenvalue weighted by atomic mass is 31.1. The van der Waals surface area contributed by atoms with Crippen LogP contribution in [0.4, 0.5) is 5.69 Å². The molecule has 2 unspecified atom stereocenters. The Morgan fingerprint density at radius 1 is 1.23 bits per heavy atom. The van der Waals surface area contributed by atoms with Crippen molar-refractivity contribution in [2.75, 3.05) is 24.7 Å². The number of amides is 2. The van der Waals surface area contributed by atoms with E-state index in [1.165, 1.54) is 4.67 Å². The molecule has 3 heterocycles. The average Bonchev–Trinajstić information content (AvgIpc) is 3.02. The topological polar surface area (TPSA) is 84.7 Å². The molecule has 2 amide bonds. The summed E-state index contributed by atoms with van der Waals surface area (Å²) < 4.78 is 8.49. The number of piperidine rings is 1. The van der Waals surface area contributed by atoms with Crippen LogP contribution in [0.5, 0.6) is 0 Å². The lowest BCUT2D eigenvalue weighted by Crippen LogP contribution is -2.52. The largest absolute Gasteiger partial charge is 0.460 e. The van der Waals surface area contributed by atoms with Crippen LogP contribution < -0.4 is 4.90 Å². The molecule has 2 fully saturated rings. The van der Waals surface area contributed by atoms with Gasteiger partial charge in [-0.2, -0.15) is 5.10 Å². The zero-order valence-electron chi connectivity index (χ0n) is 17.7. The van der Waals surface area contributed by atoms with Crippen molar-refractivity contribution < 1.29 is 19.1 Å². The first kappa shape index (κ1) is 20.8. The number of fused-ring (bicyclic) bond motifs is 1. The fraction of sp³-hybridized carbons (Fsp3) is 0.524. The summed E-state index contributed by atoms with van der Waals surface area (Å²) in [5, 5.41) is 5.51. The SMILES string of the molecule is CPN1C(=O)CCC(n2cc3cc(N4CC(C(=O)OC(C)(C)C)C4)ccc3n2)C1=O. The number of hydrogen-bond acceptors (Lipinski definition) is 6. The van der Waals surface area contributed by atoms with Crippen molar-refractivity contribution in [2.24, 2.45) is 5.92 Å². The molecule has 0 saturated carbocycles. The predicted octanol–water partition coefficient (Wildman–Crippen LogP) is 2.73. The van der Waals surface area contributed by atoms with Gasteiger partial charge in [0.05, 0.1) is 11.4 Å². The van der Waals surface area contributed by atoms with Gasteiger partial charge in [-0.1, -0.05) is 0 Å². The highest BCUT2D eigenvalue weighted by molar-refractivity contribution is 7.36. The van der Waals surface area contributed by atoms with E-state index in [9.17, 15) is 14.4 Å². The van der Waals surface area contributed by atoms with Crippen LogP contribution in [-0.2, 0) is 19.1 Å². The van der Waals surface area contributed by atoms with E-state index >= 15 is 0 Å². The summed E-state index contributed by atoms with van der Waals surface area (Å²) in [7, 11) is 0.130. The molecule has 2 saturated heterocycles. The molecule has 160 valence electrons. The van der Waals surface area contributed by atoms with E-state index in [-0.39, 0.29) is 32.4 Å². The molecular weight excluding hydrogens is 403 g/mol. The van der Waals surface area contributed by atoms with Crippen molar-refractivity contribution >= 4 is 43.1 Å². The maximum absolute atomic E-state index is 12.7. The number of nitrogens with zero attached hydrogens (tertiary/aromatic N) is 4. The minimum absolute atomic E-state index is 0.103. The third-order valence-electron chi connectivity index (χ3n) is 5.42. The fourth-order valence-electron chi connectivity index (χ4n) is 3.86. The molecule has 2 aliphatic rings. The molecule has 9 heteroatoms. The van der Waals surface area contributed by atoms with Crippen LogP contribution in [-0.4, -0.2) is 57.6 Å². The molecule has 0 N–H and O–H groups in total. The minimum atomic E-state index is -0.472. The summed E-state index contributed by atoms with van der Waals surface area (Å²) in [6, 6.07) is 5.50. The second-order valence-corrected chi connectivity index (χ2v) is 9.73. The van der Waals surface area contributed by atoms with Crippen LogP contribution in [0, 0.1) is 5.92 Å². The molecule has 4 rings (SSSR count). The van der Waals surface area contributed by atoms with Gasteiger partial charge in [0.15, 0.2) is 0 Å². The van der Waals surface area contributed by atoms with Gasteiger partial charge in [0.1, 0.15) is 11.6 Å². The van der Waals surface area contributed by atoms with Crippen LogP contribution in [0.15, 0.2) is 24.4 Å². The first-order valence-electron chi connectivity index (χ1n) is 10.2. The number of ether oxygens (including phenoxy) is 1. The van der Waals surface area contributed by atoms with Gasteiger partial charge in [0.25, 0.3) is 5.91 Å². The van der Waals surface area contributed by atoms with Gasteiger partial charge >= 0.3 is 5.97 Å². The van der Waals surface area contributed by atoms with E-state index in [1.807, 2.05) is 51.8 Å². The summed E-state index contributed by atoms with van der Waals surface area (Å²) in [6.45, 7) is 8.72. The van der Waals surface area contributed by atoms with Gasteiger partial charge in [-0.15, -0.1) is 0 Å². The Kier molecular flexibility index (Phi) is 5.30. The summed E-state index contributed by atoms with van der Waals surface area (Å²) in [6.07, 6.45) is 2.71. The van der Waals surface area contributed by atoms with Crippen molar-refractivity contribution in [3.05, 3.63) is 24.4 Å². The van der Waals surface area contributed by atoms with E-state index in [0.29, 0.717) is 25.9 Å². The molecule has 30 heavy (non-hydrogen) atoms. The molecule has 2 atom stereocenters. The molecule has 0 spiro atoms. The number of hydrogen-bond donors (Lipinski definition) is 0. The third kappa shape index (κ3) is 3.93. The standard InChI is InChI=1S/C21H27N4O4P/c1-21(2,3)29-20(28)14-10-23(11-14)15-5-6-16-13(9-15)12-24(22-16)17-7-8-18(26)25(30-4)19(17)27/h5-6,9,12,14,17,30H,7-8,10-11H2,1-4H3. The molecule has 2 aromatic rings. The second-order valence-electron chi connectivity index (χ2n) is 8.83. The van der Waals surface area contributed by atoms with Crippen LogP contribution in [0.2, 0.25) is 0 Å². The molecule has 0 bridgehead atoms. The first-order chi connectivity index (χ1) is 14.2. The van der Waals surface area contributed by atoms with Crippen LogP contribution >= 0.6 is 8.73 Å².